The molecule has 0 saturated heterocycles. The molecule has 1 aliphatic carbocycles. The lowest BCUT2D eigenvalue weighted by Crippen LogP contribution is -2.41. The summed E-state index contributed by atoms with van der Waals surface area (Å²) in [6.45, 7) is -0.0814. The van der Waals surface area contributed by atoms with Gasteiger partial charge >= 0.3 is 6.18 Å². The number of aliphatic hydroxyl groups is 1. The van der Waals surface area contributed by atoms with Gasteiger partial charge in [0.05, 0.1) is 5.60 Å². The number of nitrogens with one attached hydrogen (secondary N) is 1. The van der Waals surface area contributed by atoms with Gasteiger partial charge in [-0.25, -0.2) is 0 Å². The zero-order valence-electron chi connectivity index (χ0n) is 8.23. The molecule has 0 radical (unpaired) electrons. The number of amides is 1. The minimum Gasteiger partial charge on any atom is -0.388 e. The molecule has 0 bridgehead atoms. The first kappa shape index (κ1) is 12.3. The number of carbonyl (C=O) groups is 1. The van der Waals surface area contributed by atoms with Crippen LogP contribution >= 0.6 is 0 Å². The highest BCUT2D eigenvalue weighted by Gasteiger charge is 2.34. The number of hydrogen-bond acceptors (Lipinski definition) is 2. The third-order valence-corrected chi connectivity index (χ3v) is 2.51. The summed E-state index contributed by atoms with van der Waals surface area (Å²) in [6.07, 6.45) is -3.18. The predicted octanol–water partition coefficient (Wildman–Crippen LogP) is 1.36. The number of alkyl halides is 3. The molecule has 1 saturated carbocycles. The zero-order chi connectivity index (χ0) is 11.5. The first-order chi connectivity index (χ1) is 6.81. The summed E-state index contributed by atoms with van der Waals surface area (Å²) in [5.41, 5.74) is -0.999. The highest BCUT2D eigenvalue weighted by Crippen LogP contribution is 2.28. The van der Waals surface area contributed by atoms with Crippen molar-refractivity contribution in [3.8, 4) is 0 Å². The fourth-order valence-electron chi connectivity index (χ4n) is 1.72. The van der Waals surface area contributed by atoms with Gasteiger partial charge in [0.15, 0.2) is 0 Å². The second-order valence-corrected chi connectivity index (χ2v) is 4.00. The Kier molecular flexibility index (Phi) is 3.59. The van der Waals surface area contributed by atoms with Crippen LogP contribution in [0.2, 0.25) is 0 Å². The average Bonchev–Trinajstić information content (AvgIpc) is 2.47. The van der Waals surface area contributed by atoms with Crippen LogP contribution in [0.25, 0.3) is 0 Å². The van der Waals surface area contributed by atoms with E-state index in [4.69, 9.17) is 0 Å². The smallest absolute Gasteiger partial charge is 0.388 e. The molecule has 1 amide bonds. The lowest BCUT2D eigenvalue weighted by atomic mass is 10.0. The Balaban J connectivity index is 2.28. The summed E-state index contributed by atoms with van der Waals surface area (Å²) >= 11 is 0. The van der Waals surface area contributed by atoms with Crippen LogP contribution in [0.1, 0.15) is 32.1 Å². The van der Waals surface area contributed by atoms with Gasteiger partial charge in [-0.15, -0.1) is 0 Å². The maximum atomic E-state index is 11.8. The average molecular weight is 225 g/mol. The fraction of sp³-hybridized carbons (Fsp3) is 0.889. The molecule has 0 aliphatic heterocycles. The van der Waals surface area contributed by atoms with Crippen LogP contribution < -0.4 is 5.32 Å². The largest absolute Gasteiger partial charge is 0.397 e. The van der Waals surface area contributed by atoms with Crippen molar-refractivity contribution in [2.24, 2.45) is 0 Å². The molecule has 88 valence electrons. The third kappa shape index (κ3) is 4.51. The molecular weight excluding hydrogens is 211 g/mol. The molecule has 0 unspecified atom stereocenters. The van der Waals surface area contributed by atoms with Crippen molar-refractivity contribution in [2.75, 3.05) is 6.54 Å². The standard InChI is InChI=1S/C9H14F3NO2/c10-9(11,12)5-7(14)13-6-8(15)3-1-2-4-8/h15H,1-6H2,(H,13,14). The minimum atomic E-state index is -4.48. The van der Waals surface area contributed by atoms with E-state index >= 15 is 0 Å². The van der Waals surface area contributed by atoms with E-state index < -0.39 is 24.1 Å². The second-order valence-electron chi connectivity index (χ2n) is 4.00. The molecule has 0 atom stereocenters. The molecule has 2 N–H and O–H groups in total. The van der Waals surface area contributed by atoms with E-state index in [1.807, 2.05) is 0 Å². The molecule has 3 nitrogen and oxygen atoms in total. The Morgan fingerprint density at radius 3 is 2.33 bits per heavy atom. The van der Waals surface area contributed by atoms with E-state index in [1.54, 1.807) is 0 Å². The van der Waals surface area contributed by atoms with Crippen LogP contribution in [0.3, 0.4) is 0 Å². The number of halogens is 3. The summed E-state index contributed by atoms with van der Waals surface area (Å²) in [7, 11) is 0. The van der Waals surface area contributed by atoms with E-state index in [9.17, 15) is 23.1 Å². The van der Waals surface area contributed by atoms with Crippen molar-refractivity contribution >= 4 is 5.91 Å². The number of hydrogen-bond donors (Lipinski definition) is 2. The van der Waals surface area contributed by atoms with E-state index in [2.05, 4.69) is 5.32 Å². The van der Waals surface area contributed by atoms with Crippen LogP contribution in [0, 0.1) is 0 Å². The predicted molar refractivity (Wildman–Crippen MR) is 47.1 cm³/mol. The Labute approximate surface area is 85.7 Å². The van der Waals surface area contributed by atoms with Crippen LogP contribution in [0.5, 0.6) is 0 Å². The van der Waals surface area contributed by atoms with Crippen LogP contribution in [-0.2, 0) is 4.79 Å². The van der Waals surface area contributed by atoms with Gasteiger partial charge in [0.1, 0.15) is 6.42 Å². The SMILES string of the molecule is O=C(CC(F)(F)F)NCC1(O)CCCC1. The molecule has 0 aromatic carbocycles. The molecule has 1 aliphatic rings. The van der Waals surface area contributed by atoms with Gasteiger partial charge in [-0.3, -0.25) is 4.79 Å². The van der Waals surface area contributed by atoms with Gasteiger partial charge in [-0.1, -0.05) is 12.8 Å². The van der Waals surface area contributed by atoms with Gasteiger partial charge in [0.25, 0.3) is 0 Å². The summed E-state index contributed by atoms with van der Waals surface area (Å²) in [4.78, 5) is 10.8. The second kappa shape index (κ2) is 4.38. The van der Waals surface area contributed by atoms with Gasteiger partial charge in [-0.2, -0.15) is 13.2 Å². The molecular formula is C9H14F3NO2. The molecule has 0 aromatic heterocycles. The highest BCUT2D eigenvalue weighted by atomic mass is 19.4. The Morgan fingerprint density at radius 1 is 1.33 bits per heavy atom. The van der Waals surface area contributed by atoms with E-state index in [0.717, 1.165) is 12.8 Å². The van der Waals surface area contributed by atoms with Gasteiger partial charge in [0.2, 0.25) is 5.91 Å². The van der Waals surface area contributed by atoms with Crippen molar-refractivity contribution in [3.05, 3.63) is 0 Å². The third-order valence-electron chi connectivity index (χ3n) is 2.51. The number of carbonyl (C=O) groups excluding carboxylic acids is 1. The highest BCUT2D eigenvalue weighted by molar-refractivity contribution is 5.76. The summed E-state index contributed by atoms with van der Waals surface area (Å²) < 4.78 is 35.3. The van der Waals surface area contributed by atoms with Crippen molar-refractivity contribution < 1.29 is 23.1 Å². The van der Waals surface area contributed by atoms with E-state index in [1.165, 1.54) is 0 Å². The van der Waals surface area contributed by atoms with Gasteiger partial charge in [-0.05, 0) is 12.8 Å². The number of rotatable bonds is 3. The van der Waals surface area contributed by atoms with Crippen molar-refractivity contribution in [1.29, 1.82) is 0 Å². The Hall–Kier alpha value is -0.780. The van der Waals surface area contributed by atoms with Crippen LogP contribution in [0.15, 0.2) is 0 Å². The molecule has 0 aromatic rings. The van der Waals surface area contributed by atoms with Gasteiger partial charge in [0, 0.05) is 6.54 Å². The molecule has 1 rings (SSSR count). The van der Waals surface area contributed by atoms with E-state index in [-0.39, 0.29) is 6.54 Å². The lowest BCUT2D eigenvalue weighted by molar-refractivity contribution is -0.154. The van der Waals surface area contributed by atoms with E-state index in [0.29, 0.717) is 12.8 Å². The molecule has 0 heterocycles. The fourth-order valence-corrected chi connectivity index (χ4v) is 1.72. The minimum absolute atomic E-state index is 0.0814. The normalized spacial score (nSPS) is 20.3. The topological polar surface area (TPSA) is 49.3 Å². The monoisotopic (exact) mass is 225 g/mol. The van der Waals surface area contributed by atoms with Crippen LogP contribution in [-0.4, -0.2) is 29.3 Å². The molecule has 1 fully saturated rings. The zero-order valence-corrected chi connectivity index (χ0v) is 8.23. The maximum absolute atomic E-state index is 11.8. The molecule has 15 heavy (non-hydrogen) atoms. The summed E-state index contributed by atoms with van der Waals surface area (Å²) in [5, 5.41) is 11.9. The first-order valence-corrected chi connectivity index (χ1v) is 4.87. The Morgan fingerprint density at radius 2 is 1.87 bits per heavy atom. The lowest BCUT2D eigenvalue weighted by Gasteiger charge is -2.22. The quantitative estimate of drug-likeness (QED) is 0.762. The molecule has 6 heteroatoms. The van der Waals surface area contributed by atoms with Crippen molar-refractivity contribution in [3.63, 3.8) is 0 Å². The molecule has 0 spiro atoms. The van der Waals surface area contributed by atoms with Crippen molar-refractivity contribution in [1.82, 2.24) is 5.32 Å². The van der Waals surface area contributed by atoms with Crippen molar-refractivity contribution in [2.45, 2.75) is 43.9 Å². The van der Waals surface area contributed by atoms with Crippen LogP contribution in [0.4, 0.5) is 13.2 Å². The summed E-state index contributed by atoms with van der Waals surface area (Å²) in [5.74, 6) is -1.08. The summed E-state index contributed by atoms with van der Waals surface area (Å²) in [6, 6.07) is 0. The maximum Gasteiger partial charge on any atom is 0.397 e. The first-order valence-electron chi connectivity index (χ1n) is 4.87. The Bertz CT molecular complexity index is 234. The van der Waals surface area contributed by atoms with Gasteiger partial charge < -0.3 is 10.4 Å².